The van der Waals surface area contributed by atoms with Crippen LogP contribution in [0.5, 0.6) is 0 Å². The van der Waals surface area contributed by atoms with Crippen LogP contribution in [0.4, 0.5) is 0 Å². The van der Waals surface area contributed by atoms with Crippen LogP contribution >= 0.6 is 15.9 Å². The highest BCUT2D eigenvalue weighted by Crippen LogP contribution is 2.16. The lowest BCUT2D eigenvalue weighted by molar-refractivity contribution is -0.151. The van der Waals surface area contributed by atoms with Gasteiger partial charge in [0.2, 0.25) is 0 Å². The Morgan fingerprint density at radius 3 is 2.41 bits per heavy atom. The van der Waals surface area contributed by atoms with E-state index >= 15 is 0 Å². The second kappa shape index (κ2) is 8.53. The Balaban J connectivity index is 2.76. The minimum absolute atomic E-state index is 0.177. The first-order chi connectivity index (χ1) is 10.4. The van der Waals surface area contributed by atoms with Gasteiger partial charge in [-0.2, -0.15) is 0 Å². The third kappa shape index (κ3) is 5.14. The molecule has 0 aliphatic rings. The number of rotatable bonds is 6. The van der Waals surface area contributed by atoms with Crippen LogP contribution in [0.3, 0.4) is 0 Å². The number of benzene rings is 1. The van der Waals surface area contributed by atoms with E-state index in [0.717, 1.165) is 0 Å². The summed E-state index contributed by atoms with van der Waals surface area (Å²) in [5.74, 6) is -1.61. The molecule has 7 heteroatoms. The molecule has 120 valence electrons. The molecule has 0 saturated heterocycles. The van der Waals surface area contributed by atoms with E-state index in [1.165, 1.54) is 7.05 Å². The Bertz CT molecular complexity index is 560. The fourth-order valence-electron chi connectivity index (χ4n) is 1.66. The molecule has 1 atom stereocenters. The van der Waals surface area contributed by atoms with Crippen molar-refractivity contribution in [1.29, 1.82) is 0 Å². The molecule has 6 nitrogen and oxygen atoms in total. The Kier molecular flexibility index (Phi) is 7.04. The molecule has 2 amide bonds. The summed E-state index contributed by atoms with van der Waals surface area (Å²) < 4.78 is 5.54. The van der Waals surface area contributed by atoms with Gasteiger partial charge in [0.15, 0.2) is 6.61 Å². The average Bonchev–Trinajstić information content (AvgIpc) is 2.49. The molecule has 0 aliphatic carbocycles. The fraction of sp³-hybridized carbons (Fsp3) is 0.400. The van der Waals surface area contributed by atoms with Gasteiger partial charge in [0.25, 0.3) is 11.8 Å². The second-order valence-corrected chi connectivity index (χ2v) is 5.81. The minimum Gasteiger partial charge on any atom is -0.454 e. The van der Waals surface area contributed by atoms with E-state index in [1.54, 1.807) is 38.1 Å². The number of likely N-dealkylation sites (N-methyl/N-ethyl adjacent to an activating group) is 1. The SMILES string of the molecule is CNC(=O)COC(=O)[C@@H](NC(=O)c1ccccc1Br)C(C)C. The highest BCUT2D eigenvalue weighted by molar-refractivity contribution is 9.10. The Morgan fingerprint density at radius 1 is 1.23 bits per heavy atom. The Hall–Kier alpha value is -1.89. The molecule has 0 unspecified atom stereocenters. The molecule has 0 spiro atoms. The highest BCUT2D eigenvalue weighted by Gasteiger charge is 2.27. The molecule has 0 heterocycles. The molecule has 0 bridgehead atoms. The summed E-state index contributed by atoms with van der Waals surface area (Å²) in [6.07, 6.45) is 0. The maximum absolute atomic E-state index is 12.3. The Labute approximate surface area is 137 Å². The van der Waals surface area contributed by atoms with Gasteiger partial charge >= 0.3 is 5.97 Å². The first kappa shape index (κ1) is 18.2. The number of nitrogens with one attached hydrogen (secondary N) is 2. The van der Waals surface area contributed by atoms with Crippen LogP contribution < -0.4 is 10.6 Å². The summed E-state index contributed by atoms with van der Waals surface area (Å²) in [7, 11) is 1.45. The van der Waals surface area contributed by atoms with Crippen LogP contribution in [0, 0.1) is 5.92 Å². The van der Waals surface area contributed by atoms with Crippen molar-refractivity contribution >= 4 is 33.7 Å². The van der Waals surface area contributed by atoms with Gasteiger partial charge in [-0.15, -0.1) is 0 Å². The lowest BCUT2D eigenvalue weighted by Crippen LogP contribution is -2.46. The van der Waals surface area contributed by atoms with Crippen molar-refractivity contribution < 1.29 is 19.1 Å². The van der Waals surface area contributed by atoms with E-state index in [1.807, 2.05) is 0 Å². The van der Waals surface area contributed by atoms with E-state index in [4.69, 9.17) is 4.74 Å². The Morgan fingerprint density at radius 2 is 1.86 bits per heavy atom. The lowest BCUT2D eigenvalue weighted by Gasteiger charge is -2.21. The molecule has 0 saturated carbocycles. The number of amides is 2. The zero-order valence-electron chi connectivity index (χ0n) is 12.7. The molecule has 0 radical (unpaired) electrons. The molecule has 0 fully saturated rings. The second-order valence-electron chi connectivity index (χ2n) is 4.96. The first-order valence-corrected chi connectivity index (χ1v) is 7.58. The predicted octanol–water partition coefficient (Wildman–Crippen LogP) is 1.49. The summed E-state index contributed by atoms with van der Waals surface area (Å²) in [6, 6.07) is 6.08. The van der Waals surface area contributed by atoms with Crippen LogP contribution in [0.15, 0.2) is 28.7 Å². The summed E-state index contributed by atoms with van der Waals surface area (Å²) in [5, 5.41) is 4.99. The number of hydrogen-bond acceptors (Lipinski definition) is 4. The van der Waals surface area contributed by atoms with Crippen molar-refractivity contribution in [2.45, 2.75) is 19.9 Å². The maximum atomic E-state index is 12.3. The molecule has 1 rings (SSSR count). The maximum Gasteiger partial charge on any atom is 0.329 e. The van der Waals surface area contributed by atoms with E-state index in [0.29, 0.717) is 10.0 Å². The van der Waals surface area contributed by atoms with Gasteiger partial charge in [-0.05, 0) is 34.0 Å². The van der Waals surface area contributed by atoms with E-state index in [9.17, 15) is 14.4 Å². The number of ether oxygens (including phenoxy) is 1. The van der Waals surface area contributed by atoms with Crippen LogP contribution in [0.25, 0.3) is 0 Å². The summed E-state index contributed by atoms with van der Waals surface area (Å²) in [5.41, 5.74) is 0.423. The van der Waals surface area contributed by atoms with Crippen LogP contribution in [0.1, 0.15) is 24.2 Å². The minimum atomic E-state index is -0.829. The van der Waals surface area contributed by atoms with Gasteiger partial charge in [0, 0.05) is 11.5 Å². The third-order valence-corrected chi connectivity index (χ3v) is 3.64. The van der Waals surface area contributed by atoms with Gasteiger partial charge in [-0.3, -0.25) is 9.59 Å². The lowest BCUT2D eigenvalue weighted by atomic mass is 10.0. The largest absolute Gasteiger partial charge is 0.454 e. The molecule has 1 aromatic carbocycles. The van der Waals surface area contributed by atoms with E-state index in [2.05, 4.69) is 26.6 Å². The average molecular weight is 371 g/mol. The molecule has 22 heavy (non-hydrogen) atoms. The highest BCUT2D eigenvalue weighted by atomic mass is 79.9. The monoisotopic (exact) mass is 370 g/mol. The summed E-state index contributed by atoms with van der Waals surface area (Å²) in [4.78, 5) is 35.4. The van der Waals surface area contributed by atoms with E-state index < -0.39 is 17.9 Å². The van der Waals surface area contributed by atoms with Crippen LogP contribution in [-0.2, 0) is 14.3 Å². The number of carbonyl (C=O) groups is 3. The number of hydrogen-bond donors (Lipinski definition) is 2. The predicted molar refractivity (Wildman–Crippen MR) is 85.3 cm³/mol. The van der Waals surface area contributed by atoms with Crippen molar-refractivity contribution in [3.05, 3.63) is 34.3 Å². The van der Waals surface area contributed by atoms with Gasteiger partial charge < -0.3 is 15.4 Å². The van der Waals surface area contributed by atoms with Crippen molar-refractivity contribution in [3.8, 4) is 0 Å². The van der Waals surface area contributed by atoms with Crippen LogP contribution in [0.2, 0.25) is 0 Å². The van der Waals surface area contributed by atoms with Gasteiger partial charge in [0.1, 0.15) is 6.04 Å². The third-order valence-electron chi connectivity index (χ3n) is 2.95. The molecule has 2 N–H and O–H groups in total. The van der Waals surface area contributed by atoms with Crippen molar-refractivity contribution in [2.24, 2.45) is 5.92 Å². The van der Waals surface area contributed by atoms with Crippen molar-refractivity contribution in [1.82, 2.24) is 10.6 Å². The number of halogens is 1. The normalized spacial score (nSPS) is 11.7. The topological polar surface area (TPSA) is 84.5 Å². The van der Waals surface area contributed by atoms with Gasteiger partial charge in [-0.25, -0.2) is 4.79 Å². The summed E-state index contributed by atoms with van der Waals surface area (Å²) in [6.45, 7) is 3.20. The molecule has 1 aromatic rings. The quantitative estimate of drug-likeness (QED) is 0.743. The van der Waals surface area contributed by atoms with Gasteiger partial charge in [-0.1, -0.05) is 26.0 Å². The zero-order valence-corrected chi connectivity index (χ0v) is 14.3. The standard InChI is InChI=1S/C15H19BrN2O4/c1-9(2)13(15(21)22-8-12(19)17-3)18-14(20)10-6-4-5-7-11(10)16/h4-7,9,13H,8H2,1-3H3,(H,17,19)(H,18,20)/t13-/m0/s1. The smallest absolute Gasteiger partial charge is 0.329 e. The molecule has 0 aromatic heterocycles. The van der Waals surface area contributed by atoms with Crippen molar-refractivity contribution in [2.75, 3.05) is 13.7 Å². The molecule has 0 aliphatic heterocycles. The molecular formula is C15H19BrN2O4. The molecular weight excluding hydrogens is 352 g/mol. The fourth-order valence-corrected chi connectivity index (χ4v) is 2.13. The van der Waals surface area contributed by atoms with E-state index in [-0.39, 0.29) is 18.4 Å². The number of esters is 1. The van der Waals surface area contributed by atoms with Crippen LogP contribution in [-0.4, -0.2) is 37.5 Å². The number of carbonyl (C=O) groups excluding carboxylic acids is 3. The van der Waals surface area contributed by atoms with Gasteiger partial charge in [0.05, 0.1) is 5.56 Å². The zero-order chi connectivity index (χ0) is 16.7. The first-order valence-electron chi connectivity index (χ1n) is 6.79. The van der Waals surface area contributed by atoms with Crippen molar-refractivity contribution in [3.63, 3.8) is 0 Å². The summed E-state index contributed by atoms with van der Waals surface area (Å²) >= 11 is 3.29.